The van der Waals surface area contributed by atoms with Crippen LogP contribution in [0.15, 0.2) is 209 Å². The molecule has 144 heavy (non-hydrogen) atoms. The fourth-order valence-corrected chi connectivity index (χ4v) is 23.9. The van der Waals surface area contributed by atoms with E-state index in [4.69, 9.17) is 27.8 Å². The van der Waals surface area contributed by atoms with E-state index in [-0.39, 0.29) is 88.6 Å². The monoisotopic (exact) mass is 2060 g/mol. The molecule has 764 valence electrons. The number of ether oxygens (including phenoxy) is 1. The van der Waals surface area contributed by atoms with Crippen molar-refractivity contribution in [3.05, 3.63) is 227 Å². The lowest BCUT2D eigenvalue weighted by Crippen LogP contribution is -2.41. The van der Waals surface area contributed by atoms with E-state index < -0.39 is 85.9 Å². The number of sulfonamides is 4. The molecule has 9 N–H and O–H groups in total. The lowest BCUT2D eigenvalue weighted by molar-refractivity contribution is 0.0972. The van der Waals surface area contributed by atoms with Crippen LogP contribution in [0.4, 0.5) is 56.6 Å². The highest BCUT2D eigenvalue weighted by atomic mass is 35.5. The van der Waals surface area contributed by atoms with Gasteiger partial charge in [-0.05, 0) is 297 Å². The summed E-state index contributed by atoms with van der Waals surface area (Å²) in [4.78, 5) is 106. The number of phenolic OH excluding ortho intramolecular Hbond substituents is 1. The third kappa shape index (κ3) is 24.8. The van der Waals surface area contributed by atoms with Gasteiger partial charge < -0.3 is 55.6 Å². The molecule has 3 unspecified atom stereocenters. The summed E-state index contributed by atoms with van der Waals surface area (Å²) in [5.41, 5.74) is 14.5. The molecule has 6 aliphatic rings. The summed E-state index contributed by atoms with van der Waals surface area (Å²) in [5, 5.41) is 9.77. The molecule has 0 saturated carbocycles. The first kappa shape index (κ1) is 106. The molecule has 4 atom stereocenters. The summed E-state index contributed by atoms with van der Waals surface area (Å²) in [7, 11) is -12.8. The smallest absolute Gasteiger partial charge is 0.281 e. The number of nitrogens with two attached hydrogens (primary N) is 2. The number of carbonyl (C=O) groups excluding carboxylic acids is 4. The fraction of sp³-hybridized carbons (Fsp3) is 0.402. The minimum absolute atomic E-state index is 0.00487. The Bertz CT molecular complexity index is 7110. The van der Waals surface area contributed by atoms with Crippen LogP contribution in [0.2, 0.25) is 5.02 Å². The molecular weight excluding hydrogens is 1940 g/mol. The second-order valence-corrected chi connectivity index (χ2v) is 47.2. The first-order valence-electron chi connectivity index (χ1n) is 47.6. The Morgan fingerprint density at radius 2 is 0.910 bits per heavy atom. The molecule has 2 aromatic carbocycles. The first-order chi connectivity index (χ1) is 67.9. The van der Waals surface area contributed by atoms with Gasteiger partial charge in [0.25, 0.3) is 63.7 Å². The number of carbonyl (C=O) groups is 4. The maximum atomic E-state index is 14.0. The van der Waals surface area contributed by atoms with E-state index in [2.05, 4.69) is 167 Å². The zero-order chi connectivity index (χ0) is 104. The largest absolute Gasteiger partial charge is 0.504 e. The predicted molar refractivity (Wildman–Crippen MR) is 554 cm³/mol. The maximum Gasteiger partial charge on any atom is 0.281 e. The Morgan fingerprint density at radius 3 is 1.36 bits per heavy atom. The summed E-state index contributed by atoms with van der Waals surface area (Å²) < 4.78 is 132. The van der Waals surface area contributed by atoms with Gasteiger partial charge in [-0.3, -0.25) is 19.2 Å². The van der Waals surface area contributed by atoms with E-state index in [0.717, 1.165) is 95.0 Å². The van der Waals surface area contributed by atoms with Gasteiger partial charge in [0.15, 0.2) is 31.7 Å². The Morgan fingerprint density at radius 1 is 0.479 bits per heavy atom. The number of hydrogen-bond acceptors (Lipinski definition) is 32. The number of phenols is 1. The van der Waals surface area contributed by atoms with Crippen molar-refractivity contribution in [1.29, 1.82) is 0 Å². The predicted octanol–water partition coefficient (Wildman–Crippen LogP) is 14.5. The Kier molecular flexibility index (Phi) is 32.0. The molecule has 9 aromatic heterocycles. The molecule has 36 nitrogen and oxygen atoms in total. The Hall–Kier alpha value is -13.4. The third-order valence-corrected chi connectivity index (χ3v) is 31.5. The molecule has 0 bridgehead atoms. The second-order valence-electron chi connectivity index (χ2n) is 40.2. The summed E-state index contributed by atoms with van der Waals surface area (Å²) in [6, 6.07) is 42.2. The van der Waals surface area contributed by atoms with Crippen LogP contribution < -0.4 is 64.5 Å². The van der Waals surface area contributed by atoms with Gasteiger partial charge in [-0.2, -0.15) is 33.7 Å². The van der Waals surface area contributed by atoms with Crippen LogP contribution >= 0.6 is 11.6 Å². The number of halogens is 2. The van der Waals surface area contributed by atoms with Gasteiger partial charge in [0, 0.05) is 126 Å². The van der Waals surface area contributed by atoms with E-state index in [0.29, 0.717) is 101 Å². The number of piperidine rings is 1. The highest BCUT2D eigenvalue weighted by molar-refractivity contribution is 7.91. The molecule has 5 saturated heterocycles. The quantitative estimate of drug-likeness (QED) is 0.0279. The summed E-state index contributed by atoms with van der Waals surface area (Å²) in [6.07, 6.45) is 14.2. The van der Waals surface area contributed by atoms with Crippen LogP contribution in [0.3, 0.4) is 0 Å². The molecule has 0 aliphatic carbocycles. The van der Waals surface area contributed by atoms with Gasteiger partial charge in [0.05, 0.1) is 34.6 Å². The highest BCUT2D eigenvalue weighted by Crippen LogP contribution is 2.45. The number of rotatable bonds is 25. The standard InChI is InChI=1S/C27H40N6O3S.C26H28ClN5O3S.C25H30N6O4S.C24H26FN5O4S/c1-20-18-27(2,3)33(19-20)25-22(8-7-14-28-25)26(34)30-37(35,36)24-10-6-9-23(29-24)32-16-12-21(13-17-32)11-15-31(4)5;1-17-15-26(2,3)32(16-17)24-20(6-5-12-28-24)25(33)30-36(34,35)23-8-4-7-22(29-23)31-13-11-18-14-19(27)9-10-21(18)31;1-5-35-21-10-9-17(13-27-21)18-11-19(23(28-14-18)31-15-16(2)12-25(31,3)4)24(32)30-36(33,34)22-8-6-7-20(26)29-22;1-14-12-24(2,3)30(13-14)22-16(10-11-18(27-22)15-6-4-7-17(25)21(15)31)23(32)29-35(33,34)20-9-5-8-19(26)28-20/h6-10,14,20-21H,11-13,15-19H2,1-5H3,(H,30,34);4-10,12,14,17H,11,13,15-16H2,1-3H3,(H,30,33);6-11,13-14,16H,5,12,15H2,1-4H3,(H2,26,29)(H,30,32);4-11,14,31H,12-13H2,1-3H3,(H2,26,28)(H,29,32)/t;;;14-/m...0/s1. The Balaban J connectivity index is 0.000000152. The molecule has 5 fully saturated rings. The number of nitrogens with one attached hydrogen (secondary N) is 4. The van der Waals surface area contributed by atoms with Crippen LogP contribution in [0.5, 0.6) is 11.6 Å². The second kappa shape index (κ2) is 43.3. The SMILES string of the molecule is CC1CN(c2ncccc2C(=O)NS(=O)(=O)c2cccc(N3CCC(CCN(C)C)CC3)n2)C(C)(C)C1.CC1CN(c2ncccc2C(=O)NS(=O)(=O)c2cccc(N3CCc4cc(Cl)ccc43)n2)C(C)(C)C1.CCOc1ccc(-c2cnc(N3CC(C)CC3(C)C)c(C(=O)NS(=O)(=O)c3cccc(N)n3)c2)cn1.C[C@@H]1CN(c2nc(-c3cccc(F)c3O)ccc2C(=O)NS(=O)(=O)c2cccc(N)n2)C(C)(C)C1. The topological polar surface area (TPSA) is 473 Å². The molecular formula is C102H124ClFN22O14S4. The average molecular weight is 2060 g/mol. The first-order valence-corrected chi connectivity index (χ1v) is 53.9. The molecule has 11 aromatic rings. The number of amides is 4. The van der Waals surface area contributed by atoms with E-state index in [1.807, 2.05) is 59.6 Å². The van der Waals surface area contributed by atoms with Crippen molar-refractivity contribution in [3.63, 3.8) is 0 Å². The molecule has 4 amide bonds. The van der Waals surface area contributed by atoms with Gasteiger partial charge in [0.2, 0.25) is 5.88 Å². The minimum atomic E-state index is -4.31. The van der Waals surface area contributed by atoms with E-state index in [1.54, 1.807) is 85.5 Å². The average Bonchev–Trinajstić information content (AvgIpc) is 0.905. The molecule has 0 radical (unpaired) electrons. The highest BCUT2D eigenvalue weighted by Gasteiger charge is 2.45. The van der Waals surface area contributed by atoms with Crippen LogP contribution in [0, 0.1) is 35.4 Å². The number of aromatic hydroxyl groups is 1. The van der Waals surface area contributed by atoms with Crippen molar-refractivity contribution >= 4 is 128 Å². The summed E-state index contributed by atoms with van der Waals surface area (Å²) in [5.74, 6) is 0.956. The van der Waals surface area contributed by atoms with Crippen LogP contribution in [0.1, 0.15) is 182 Å². The molecule has 6 aliphatic heterocycles. The van der Waals surface area contributed by atoms with Crippen molar-refractivity contribution < 1.29 is 67.1 Å². The number of para-hydroxylation sites is 1. The van der Waals surface area contributed by atoms with Gasteiger partial charge in [-0.15, -0.1) is 0 Å². The normalized spacial score (nSPS) is 18.5. The number of pyridine rings is 9. The fourth-order valence-electron chi connectivity index (χ4n) is 19.9. The van der Waals surface area contributed by atoms with Gasteiger partial charge in [0.1, 0.15) is 46.5 Å². The summed E-state index contributed by atoms with van der Waals surface area (Å²) >= 11 is 6.12. The van der Waals surface area contributed by atoms with Gasteiger partial charge in [-0.1, -0.05) is 69.6 Å². The molecule has 17 rings (SSSR count). The van der Waals surface area contributed by atoms with E-state index in [1.165, 1.54) is 79.2 Å². The van der Waals surface area contributed by atoms with Gasteiger partial charge in [-0.25, -0.2) is 68.1 Å². The van der Waals surface area contributed by atoms with Crippen molar-refractivity contribution in [1.82, 2.24) is 68.6 Å². The zero-order valence-electron chi connectivity index (χ0n) is 83.3. The van der Waals surface area contributed by atoms with E-state index in [9.17, 15) is 62.3 Å². The van der Waals surface area contributed by atoms with Crippen LogP contribution in [-0.4, -0.2) is 207 Å². The number of aromatic nitrogens is 9. The number of hydrogen-bond donors (Lipinski definition) is 7. The van der Waals surface area contributed by atoms with Crippen LogP contribution in [0.25, 0.3) is 22.4 Å². The Labute approximate surface area is 846 Å². The van der Waals surface area contributed by atoms with Crippen molar-refractivity contribution in [2.75, 3.05) is 114 Å². The summed E-state index contributed by atoms with van der Waals surface area (Å²) in [6.45, 7) is 33.6. The van der Waals surface area contributed by atoms with E-state index >= 15 is 0 Å². The molecule has 0 spiro atoms. The molecule has 15 heterocycles. The molecule has 42 heteroatoms. The maximum absolute atomic E-state index is 14.0. The number of nitrogens with zero attached hydrogens (tertiary/aromatic N) is 16. The zero-order valence-corrected chi connectivity index (χ0v) is 87.3. The third-order valence-electron chi connectivity index (χ3n) is 26.3. The number of benzene rings is 2. The lowest BCUT2D eigenvalue weighted by Gasteiger charge is -2.34. The number of nitrogen functional groups attached to an aromatic ring is 2. The van der Waals surface area contributed by atoms with Gasteiger partial charge >= 0.3 is 0 Å². The van der Waals surface area contributed by atoms with Crippen molar-refractivity contribution in [3.8, 4) is 34.0 Å². The van der Waals surface area contributed by atoms with Crippen molar-refractivity contribution in [2.24, 2.45) is 29.6 Å². The lowest BCUT2D eigenvalue weighted by atomic mass is 9.93. The minimum Gasteiger partial charge on any atom is -0.504 e. The number of fused-ring (bicyclic) bond motifs is 1. The van der Waals surface area contributed by atoms with Crippen molar-refractivity contribution in [2.45, 2.75) is 184 Å². The van der Waals surface area contributed by atoms with Crippen LogP contribution in [-0.2, 0) is 46.5 Å². The number of anilines is 9.